The van der Waals surface area contributed by atoms with Crippen LogP contribution in [0.2, 0.25) is 5.28 Å². The molecular weight excluding hydrogens is 278 g/mol. The Balaban J connectivity index is 2.03. The first kappa shape index (κ1) is 14.4. The van der Waals surface area contributed by atoms with Crippen molar-refractivity contribution in [3.8, 4) is 0 Å². The van der Waals surface area contributed by atoms with Crippen LogP contribution in [0.1, 0.15) is 24.9 Å². The molecule has 2 aromatic rings. The molecule has 2 rings (SSSR count). The predicted octanol–water partition coefficient (Wildman–Crippen LogP) is 2.06. The average molecular weight is 294 g/mol. The second kappa shape index (κ2) is 6.95. The van der Waals surface area contributed by atoms with Gasteiger partial charge in [-0.1, -0.05) is 6.92 Å². The fourth-order valence-corrected chi connectivity index (χ4v) is 1.68. The summed E-state index contributed by atoms with van der Waals surface area (Å²) in [6, 6.07) is 1.83. The molecule has 0 aromatic carbocycles. The number of nitrogens with zero attached hydrogens (tertiary/aromatic N) is 5. The van der Waals surface area contributed by atoms with Gasteiger partial charge in [0, 0.05) is 12.7 Å². The van der Waals surface area contributed by atoms with E-state index in [4.69, 9.17) is 11.6 Å². The van der Waals surface area contributed by atoms with Crippen LogP contribution in [0.25, 0.3) is 0 Å². The Labute approximate surface area is 122 Å². The summed E-state index contributed by atoms with van der Waals surface area (Å²) in [5.74, 6) is 1.61. The number of hydrogen-bond acceptors (Lipinski definition) is 7. The van der Waals surface area contributed by atoms with Gasteiger partial charge >= 0.3 is 0 Å². The Morgan fingerprint density at radius 1 is 1.10 bits per heavy atom. The predicted molar refractivity (Wildman–Crippen MR) is 77.7 cm³/mol. The van der Waals surface area contributed by atoms with Gasteiger partial charge in [0.25, 0.3) is 0 Å². The van der Waals surface area contributed by atoms with Gasteiger partial charge in [-0.05, 0) is 31.0 Å². The van der Waals surface area contributed by atoms with Crippen LogP contribution in [0.4, 0.5) is 11.9 Å². The van der Waals surface area contributed by atoms with E-state index in [0.717, 1.165) is 24.5 Å². The van der Waals surface area contributed by atoms with Crippen LogP contribution in [-0.4, -0.2) is 31.5 Å². The second-order valence-corrected chi connectivity index (χ2v) is 4.47. The third-order valence-corrected chi connectivity index (χ3v) is 2.57. The maximum absolute atomic E-state index is 5.87. The Morgan fingerprint density at radius 3 is 2.55 bits per heavy atom. The first-order valence-corrected chi connectivity index (χ1v) is 6.73. The number of anilines is 2. The van der Waals surface area contributed by atoms with E-state index in [1.165, 1.54) is 0 Å². The van der Waals surface area contributed by atoms with Gasteiger partial charge in [-0.3, -0.25) is 0 Å². The molecule has 0 aliphatic heterocycles. The van der Waals surface area contributed by atoms with E-state index in [-0.39, 0.29) is 5.28 Å². The van der Waals surface area contributed by atoms with Gasteiger partial charge < -0.3 is 10.6 Å². The first-order chi connectivity index (χ1) is 9.67. The van der Waals surface area contributed by atoms with Crippen LogP contribution in [0.3, 0.4) is 0 Å². The van der Waals surface area contributed by atoms with Crippen molar-refractivity contribution in [3.63, 3.8) is 0 Å². The van der Waals surface area contributed by atoms with Gasteiger partial charge in [0.15, 0.2) is 0 Å². The van der Waals surface area contributed by atoms with Gasteiger partial charge in [-0.25, -0.2) is 9.97 Å². The van der Waals surface area contributed by atoms with E-state index in [1.807, 2.05) is 13.0 Å². The standard InChI is InChI=1S/C12H16ClN7/c1-3-5-15-11-18-10(13)19-12(20-11)16-7-9-4-6-14-8(2)17-9/h4,6H,3,5,7H2,1-2H3,(H2,15,16,18,19,20). The highest BCUT2D eigenvalue weighted by atomic mass is 35.5. The smallest absolute Gasteiger partial charge is 0.229 e. The third-order valence-electron chi connectivity index (χ3n) is 2.40. The fraction of sp³-hybridized carbons (Fsp3) is 0.417. The van der Waals surface area contributed by atoms with Crippen molar-refractivity contribution < 1.29 is 0 Å². The van der Waals surface area contributed by atoms with Crippen molar-refractivity contribution >= 4 is 23.5 Å². The summed E-state index contributed by atoms with van der Waals surface area (Å²) in [4.78, 5) is 20.6. The van der Waals surface area contributed by atoms with Crippen molar-refractivity contribution in [3.05, 3.63) is 29.1 Å². The lowest BCUT2D eigenvalue weighted by Crippen LogP contribution is -2.10. The summed E-state index contributed by atoms with van der Waals surface area (Å²) in [6.45, 7) is 5.18. The number of aryl methyl sites for hydroxylation is 1. The van der Waals surface area contributed by atoms with Crippen LogP contribution in [0.15, 0.2) is 12.3 Å². The van der Waals surface area contributed by atoms with Crippen LogP contribution >= 0.6 is 11.6 Å². The number of nitrogens with one attached hydrogen (secondary N) is 2. The molecule has 0 saturated carbocycles. The minimum Gasteiger partial charge on any atom is -0.354 e. The number of aromatic nitrogens is 5. The minimum absolute atomic E-state index is 0.153. The van der Waals surface area contributed by atoms with Crippen LogP contribution in [0.5, 0.6) is 0 Å². The largest absolute Gasteiger partial charge is 0.354 e. The molecule has 2 aromatic heterocycles. The first-order valence-electron chi connectivity index (χ1n) is 6.35. The lowest BCUT2D eigenvalue weighted by Gasteiger charge is -2.07. The molecule has 106 valence electrons. The number of hydrogen-bond donors (Lipinski definition) is 2. The summed E-state index contributed by atoms with van der Waals surface area (Å²) in [5.41, 5.74) is 0.858. The van der Waals surface area contributed by atoms with Gasteiger partial charge in [-0.2, -0.15) is 15.0 Å². The fourth-order valence-electron chi connectivity index (χ4n) is 1.52. The van der Waals surface area contributed by atoms with Crippen LogP contribution in [0, 0.1) is 6.92 Å². The van der Waals surface area contributed by atoms with Crippen molar-refractivity contribution in [2.75, 3.05) is 17.2 Å². The quantitative estimate of drug-likeness (QED) is 0.842. The monoisotopic (exact) mass is 293 g/mol. The van der Waals surface area contributed by atoms with Crippen molar-refractivity contribution in [2.24, 2.45) is 0 Å². The lowest BCUT2D eigenvalue weighted by atomic mass is 10.4. The van der Waals surface area contributed by atoms with Crippen molar-refractivity contribution in [2.45, 2.75) is 26.8 Å². The third kappa shape index (κ3) is 4.27. The molecule has 0 aliphatic rings. The van der Waals surface area contributed by atoms with Crippen LogP contribution in [-0.2, 0) is 6.54 Å². The number of halogens is 1. The molecule has 0 saturated heterocycles. The van der Waals surface area contributed by atoms with Crippen molar-refractivity contribution in [1.29, 1.82) is 0 Å². The zero-order valence-corrected chi connectivity index (χ0v) is 12.1. The summed E-state index contributed by atoms with van der Waals surface area (Å²) in [7, 11) is 0. The summed E-state index contributed by atoms with van der Waals surface area (Å²) in [5, 5.41) is 6.29. The zero-order valence-electron chi connectivity index (χ0n) is 11.4. The van der Waals surface area contributed by atoms with Gasteiger partial charge in [0.1, 0.15) is 5.82 Å². The summed E-state index contributed by atoms with van der Waals surface area (Å²) in [6.07, 6.45) is 2.69. The molecule has 0 fully saturated rings. The Hall–Kier alpha value is -2.02. The molecule has 0 bridgehead atoms. The van der Waals surface area contributed by atoms with E-state index in [0.29, 0.717) is 18.4 Å². The second-order valence-electron chi connectivity index (χ2n) is 4.13. The van der Waals surface area contributed by atoms with E-state index in [9.17, 15) is 0 Å². The van der Waals surface area contributed by atoms with E-state index < -0.39 is 0 Å². The minimum atomic E-state index is 0.153. The molecule has 20 heavy (non-hydrogen) atoms. The SMILES string of the molecule is CCCNc1nc(Cl)nc(NCc2ccnc(C)n2)n1. The highest BCUT2D eigenvalue weighted by molar-refractivity contribution is 6.28. The molecule has 2 N–H and O–H groups in total. The Morgan fingerprint density at radius 2 is 1.85 bits per heavy atom. The van der Waals surface area contributed by atoms with E-state index in [1.54, 1.807) is 6.20 Å². The van der Waals surface area contributed by atoms with Gasteiger partial charge in [0.2, 0.25) is 17.2 Å². The topological polar surface area (TPSA) is 88.5 Å². The molecule has 0 amide bonds. The van der Waals surface area contributed by atoms with Gasteiger partial charge in [0.05, 0.1) is 12.2 Å². The normalized spacial score (nSPS) is 10.3. The lowest BCUT2D eigenvalue weighted by molar-refractivity contribution is 0.916. The average Bonchev–Trinajstić information content (AvgIpc) is 2.42. The van der Waals surface area contributed by atoms with Crippen molar-refractivity contribution in [1.82, 2.24) is 24.9 Å². The summed E-state index contributed by atoms with van der Waals surface area (Å²) >= 11 is 5.87. The molecular formula is C12H16ClN7. The molecule has 2 heterocycles. The molecule has 7 nitrogen and oxygen atoms in total. The van der Waals surface area contributed by atoms with E-state index in [2.05, 4.69) is 42.5 Å². The number of rotatable bonds is 6. The zero-order chi connectivity index (χ0) is 14.4. The molecule has 0 spiro atoms. The molecule has 0 unspecified atom stereocenters. The van der Waals surface area contributed by atoms with Crippen LogP contribution < -0.4 is 10.6 Å². The Bertz CT molecular complexity index is 575. The molecule has 0 atom stereocenters. The van der Waals surface area contributed by atoms with Gasteiger partial charge in [-0.15, -0.1) is 0 Å². The molecule has 0 aliphatic carbocycles. The highest BCUT2D eigenvalue weighted by Gasteiger charge is 2.05. The maximum Gasteiger partial charge on any atom is 0.229 e. The van der Waals surface area contributed by atoms with E-state index >= 15 is 0 Å². The highest BCUT2D eigenvalue weighted by Crippen LogP contribution is 2.10. The summed E-state index contributed by atoms with van der Waals surface area (Å²) < 4.78 is 0. The Kier molecular flexibility index (Phi) is 5.00. The maximum atomic E-state index is 5.87. The molecule has 8 heteroatoms. The molecule has 0 radical (unpaired) electrons.